The molecule has 1 heterocycles. The Morgan fingerprint density at radius 2 is 1.81 bits per heavy atom. The van der Waals surface area contributed by atoms with Crippen LogP contribution in [0.15, 0.2) is 48.5 Å². The van der Waals surface area contributed by atoms with Crippen LogP contribution in [0, 0.1) is 0 Å². The second kappa shape index (κ2) is 5.24. The summed E-state index contributed by atoms with van der Waals surface area (Å²) in [6, 6.07) is 14.6. The summed E-state index contributed by atoms with van der Waals surface area (Å²) >= 11 is 12.1. The van der Waals surface area contributed by atoms with Crippen LogP contribution < -0.4 is 10.2 Å². The average Bonchev–Trinajstić information content (AvgIpc) is 2.49. The summed E-state index contributed by atoms with van der Waals surface area (Å²) in [5.74, 6) is 0.185. The zero-order valence-electron chi connectivity index (χ0n) is 11.4. The summed E-state index contributed by atoms with van der Waals surface area (Å²) in [5.41, 5.74) is 1.50. The Balaban J connectivity index is 2.13. The number of hydrogen-bond acceptors (Lipinski definition) is 2. The third kappa shape index (κ3) is 2.37. The maximum Gasteiger partial charge on any atom is 0.262 e. The van der Waals surface area contributed by atoms with Crippen molar-refractivity contribution in [2.45, 2.75) is 12.6 Å². The largest absolute Gasteiger partial charge is 0.361 e. The molecule has 2 aromatic rings. The van der Waals surface area contributed by atoms with Gasteiger partial charge in [-0.05, 0) is 43.3 Å². The Bertz CT molecular complexity index is 687. The van der Waals surface area contributed by atoms with Gasteiger partial charge in [0.05, 0.1) is 11.4 Å². The molecule has 1 atom stereocenters. The van der Waals surface area contributed by atoms with Gasteiger partial charge in [0.1, 0.15) is 5.66 Å². The Morgan fingerprint density at radius 3 is 2.48 bits per heavy atom. The second-order valence-electron chi connectivity index (χ2n) is 5.20. The third-order valence-corrected chi connectivity index (χ3v) is 4.38. The summed E-state index contributed by atoms with van der Waals surface area (Å²) in [6.07, 6.45) is 0. The van der Waals surface area contributed by atoms with E-state index in [2.05, 4.69) is 5.32 Å². The Hall–Kier alpha value is -1.71. The van der Waals surface area contributed by atoms with Crippen molar-refractivity contribution in [2.24, 2.45) is 0 Å². The van der Waals surface area contributed by atoms with E-state index >= 15 is 0 Å². The van der Waals surface area contributed by atoms with Crippen molar-refractivity contribution in [2.75, 3.05) is 16.1 Å². The first-order chi connectivity index (χ1) is 10.0. The highest BCUT2D eigenvalue weighted by Gasteiger charge is 2.41. The minimum Gasteiger partial charge on any atom is -0.361 e. The molecule has 0 aromatic heterocycles. The number of para-hydroxylation sites is 1. The van der Waals surface area contributed by atoms with Crippen LogP contribution in [0.2, 0.25) is 5.02 Å². The van der Waals surface area contributed by atoms with Gasteiger partial charge in [0, 0.05) is 16.4 Å². The van der Waals surface area contributed by atoms with Crippen molar-refractivity contribution < 1.29 is 4.79 Å². The Kier molecular flexibility index (Phi) is 3.56. The number of hydrogen-bond donors (Lipinski definition) is 1. The van der Waals surface area contributed by atoms with E-state index in [1.165, 1.54) is 0 Å². The summed E-state index contributed by atoms with van der Waals surface area (Å²) in [4.78, 5) is 14.6. The standard InChI is InChI=1S/C16H14Cl2N2O/c1-16(10-17)19-14-5-3-2-4-13(14)15(21)20(16)12-8-6-11(18)7-9-12/h2-9,19H,10H2,1H3/t16-/m0/s1. The van der Waals surface area contributed by atoms with Crippen molar-refractivity contribution >= 4 is 40.5 Å². The lowest BCUT2D eigenvalue weighted by Crippen LogP contribution is -2.60. The summed E-state index contributed by atoms with van der Waals surface area (Å²) < 4.78 is 0. The van der Waals surface area contributed by atoms with Crippen LogP contribution >= 0.6 is 23.2 Å². The first-order valence-electron chi connectivity index (χ1n) is 6.58. The van der Waals surface area contributed by atoms with Crippen LogP contribution in [0.1, 0.15) is 17.3 Å². The molecule has 3 rings (SSSR count). The maximum absolute atomic E-state index is 12.9. The molecule has 3 nitrogen and oxygen atoms in total. The lowest BCUT2D eigenvalue weighted by molar-refractivity contribution is 0.0962. The number of nitrogens with one attached hydrogen (secondary N) is 1. The normalized spacial score (nSPS) is 20.9. The molecule has 1 amide bonds. The molecule has 0 radical (unpaired) electrons. The topological polar surface area (TPSA) is 32.3 Å². The Labute approximate surface area is 133 Å². The van der Waals surface area contributed by atoms with E-state index in [0.717, 1.165) is 11.4 Å². The summed E-state index contributed by atoms with van der Waals surface area (Å²) in [5, 5.41) is 3.99. The predicted octanol–water partition coefficient (Wildman–Crippen LogP) is 4.37. The first kappa shape index (κ1) is 14.2. The third-order valence-electron chi connectivity index (χ3n) is 3.60. The second-order valence-corrected chi connectivity index (χ2v) is 5.90. The lowest BCUT2D eigenvalue weighted by Gasteiger charge is -2.45. The fourth-order valence-electron chi connectivity index (χ4n) is 2.55. The highest BCUT2D eigenvalue weighted by molar-refractivity contribution is 6.30. The fourth-order valence-corrected chi connectivity index (χ4v) is 2.87. The summed E-state index contributed by atoms with van der Waals surface area (Å²) in [7, 11) is 0. The molecule has 1 aliphatic heterocycles. The molecule has 2 aromatic carbocycles. The number of halogens is 2. The quantitative estimate of drug-likeness (QED) is 0.833. The van der Waals surface area contributed by atoms with Crippen molar-refractivity contribution in [1.29, 1.82) is 0 Å². The van der Waals surface area contributed by atoms with Gasteiger partial charge in [0.25, 0.3) is 5.91 Å². The predicted molar refractivity (Wildman–Crippen MR) is 87.5 cm³/mol. The number of anilines is 2. The zero-order valence-corrected chi connectivity index (χ0v) is 12.9. The van der Waals surface area contributed by atoms with Gasteiger partial charge in [-0.15, -0.1) is 11.6 Å². The van der Waals surface area contributed by atoms with Crippen LogP contribution in [-0.2, 0) is 0 Å². The smallest absolute Gasteiger partial charge is 0.262 e. The van der Waals surface area contributed by atoms with E-state index in [9.17, 15) is 4.79 Å². The highest BCUT2D eigenvalue weighted by Crippen LogP contribution is 2.35. The van der Waals surface area contributed by atoms with Gasteiger partial charge in [-0.25, -0.2) is 0 Å². The molecule has 0 bridgehead atoms. The van der Waals surface area contributed by atoms with Gasteiger partial charge < -0.3 is 5.32 Å². The van der Waals surface area contributed by atoms with Crippen LogP contribution in [0.5, 0.6) is 0 Å². The molecule has 0 spiro atoms. The number of alkyl halides is 1. The van der Waals surface area contributed by atoms with Gasteiger partial charge in [-0.1, -0.05) is 23.7 Å². The van der Waals surface area contributed by atoms with Crippen molar-refractivity contribution in [1.82, 2.24) is 0 Å². The zero-order chi connectivity index (χ0) is 15.0. The SMILES string of the molecule is C[C@]1(CCl)Nc2ccccc2C(=O)N1c1ccc(Cl)cc1. The molecular weight excluding hydrogens is 307 g/mol. The van der Waals surface area contributed by atoms with Crippen LogP contribution in [-0.4, -0.2) is 17.5 Å². The van der Waals surface area contributed by atoms with Crippen molar-refractivity contribution in [3.05, 3.63) is 59.1 Å². The number of rotatable bonds is 2. The molecule has 0 saturated carbocycles. The molecule has 0 unspecified atom stereocenters. The van der Waals surface area contributed by atoms with Crippen LogP contribution in [0.25, 0.3) is 0 Å². The maximum atomic E-state index is 12.9. The molecule has 108 valence electrons. The fraction of sp³-hybridized carbons (Fsp3) is 0.188. The first-order valence-corrected chi connectivity index (χ1v) is 7.50. The van der Waals surface area contributed by atoms with E-state index in [0.29, 0.717) is 10.6 Å². The van der Waals surface area contributed by atoms with Crippen molar-refractivity contribution in [3.8, 4) is 0 Å². The molecule has 0 saturated heterocycles. The molecule has 0 aliphatic carbocycles. The number of carbonyl (C=O) groups is 1. The van der Waals surface area contributed by atoms with Crippen LogP contribution in [0.3, 0.4) is 0 Å². The molecule has 5 heteroatoms. The van der Waals surface area contributed by atoms with Crippen LogP contribution in [0.4, 0.5) is 11.4 Å². The van der Waals surface area contributed by atoms with E-state index in [1.54, 1.807) is 23.1 Å². The van der Waals surface area contributed by atoms with Gasteiger partial charge in [0.15, 0.2) is 0 Å². The van der Waals surface area contributed by atoms with Gasteiger partial charge in [0.2, 0.25) is 0 Å². The number of carbonyl (C=O) groups excluding carboxylic acids is 1. The number of benzene rings is 2. The van der Waals surface area contributed by atoms with Gasteiger partial charge >= 0.3 is 0 Å². The lowest BCUT2D eigenvalue weighted by atomic mass is 10.0. The van der Waals surface area contributed by atoms with E-state index in [-0.39, 0.29) is 11.8 Å². The number of fused-ring (bicyclic) bond motifs is 1. The van der Waals surface area contributed by atoms with E-state index in [1.807, 2.05) is 37.3 Å². The molecule has 21 heavy (non-hydrogen) atoms. The minimum atomic E-state index is -0.694. The average molecular weight is 321 g/mol. The minimum absolute atomic E-state index is 0.0742. The van der Waals surface area contributed by atoms with Crippen molar-refractivity contribution in [3.63, 3.8) is 0 Å². The summed E-state index contributed by atoms with van der Waals surface area (Å²) in [6.45, 7) is 1.91. The number of amides is 1. The number of nitrogens with zero attached hydrogens (tertiary/aromatic N) is 1. The molecule has 1 N–H and O–H groups in total. The molecule has 1 aliphatic rings. The van der Waals surface area contributed by atoms with Gasteiger partial charge in [-0.2, -0.15) is 0 Å². The molecular formula is C16H14Cl2N2O. The van der Waals surface area contributed by atoms with E-state index < -0.39 is 5.66 Å². The Morgan fingerprint density at radius 1 is 1.14 bits per heavy atom. The van der Waals surface area contributed by atoms with E-state index in [4.69, 9.17) is 23.2 Å². The monoisotopic (exact) mass is 320 g/mol. The highest BCUT2D eigenvalue weighted by atomic mass is 35.5. The molecule has 0 fully saturated rings. The van der Waals surface area contributed by atoms with Gasteiger partial charge in [-0.3, -0.25) is 9.69 Å².